The van der Waals surface area contributed by atoms with Gasteiger partial charge in [0.05, 0.1) is 11.3 Å². The van der Waals surface area contributed by atoms with Crippen molar-refractivity contribution in [1.29, 1.82) is 5.26 Å². The molecule has 8 heteroatoms. The van der Waals surface area contributed by atoms with E-state index >= 15 is 0 Å². The Morgan fingerprint density at radius 2 is 1.96 bits per heavy atom. The molecule has 0 aliphatic carbocycles. The molecule has 7 nitrogen and oxygen atoms in total. The van der Waals surface area contributed by atoms with Crippen LogP contribution in [0, 0.1) is 17.1 Å². The van der Waals surface area contributed by atoms with Gasteiger partial charge >= 0.3 is 12.1 Å². The minimum Gasteiger partial charge on any atom is -0.444 e. The van der Waals surface area contributed by atoms with E-state index in [1.807, 2.05) is 26.8 Å². The zero-order valence-corrected chi connectivity index (χ0v) is 15.1. The van der Waals surface area contributed by atoms with Crippen LogP contribution >= 0.6 is 0 Å². The largest absolute Gasteiger partial charge is 0.444 e. The number of nitrogens with zero attached hydrogens (tertiary/aromatic N) is 2. The molecule has 140 valence electrons. The number of nitrogens with one attached hydrogen (secondary N) is 2. The molecule has 0 atom stereocenters. The van der Waals surface area contributed by atoms with Crippen LogP contribution in [0.3, 0.4) is 0 Å². The molecule has 0 radical (unpaired) electrons. The summed E-state index contributed by atoms with van der Waals surface area (Å²) < 4.78 is 18.5. The average Bonchev–Trinajstić information content (AvgIpc) is 2.55. The van der Waals surface area contributed by atoms with E-state index in [0.29, 0.717) is 25.9 Å². The molecule has 0 unspecified atom stereocenters. The maximum Gasteiger partial charge on any atom is 0.410 e. The quantitative estimate of drug-likeness (QED) is 0.844. The molecule has 1 aliphatic rings. The smallest absolute Gasteiger partial charge is 0.410 e. The van der Waals surface area contributed by atoms with Crippen LogP contribution in [-0.2, 0) is 4.74 Å². The molecule has 1 heterocycles. The second kappa shape index (κ2) is 8.04. The number of ether oxygens (including phenoxy) is 1. The van der Waals surface area contributed by atoms with Crippen LogP contribution in [0.1, 0.15) is 39.2 Å². The van der Waals surface area contributed by atoms with E-state index in [1.165, 1.54) is 12.1 Å². The van der Waals surface area contributed by atoms with E-state index in [9.17, 15) is 14.0 Å². The lowest BCUT2D eigenvalue weighted by Crippen LogP contribution is -2.48. The number of hydrogen-bond donors (Lipinski definition) is 2. The monoisotopic (exact) mass is 362 g/mol. The highest BCUT2D eigenvalue weighted by Gasteiger charge is 2.27. The van der Waals surface area contributed by atoms with Gasteiger partial charge in [0.1, 0.15) is 17.5 Å². The van der Waals surface area contributed by atoms with E-state index < -0.39 is 17.4 Å². The highest BCUT2D eigenvalue weighted by Crippen LogP contribution is 2.17. The first kappa shape index (κ1) is 19.5. The van der Waals surface area contributed by atoms with E-state index in [2.05, 4.69) is 10.6 Å². The molecule has 2 N–H and O–H groups in total. The number of urea groups is 1. The highest BCUT2D eigenvalue weighted by molar-refractivity contribution is 5.90. The van der Waals surface area contributed by atoms with Gasteiger partial charge in [-0.1, -0.05) is 0 Å². The van der Waals surface area contributed by atoms with Crippen molar-refractivity contribution >= 4 is 17.8 Å². The first-order valence-corrected chi connectivity index (χ1v) is 8.43. The Hall–Kier alpha value is -2.82. The van der Waals surface area contributed by atoms with Crippen LogP contribution in [0.4, 0.5) is 19.7 Å². The number of halogens is 1. The number of amides is 3. The van der Waals surface area contributed by atoms with Crippen molar-refractivity contribution in [3.8, 4) is 6.07 Å². The molecule has 1 saturated heterocycles. The highest BCUT2D eigenvalue weighted by atomic mass is 19.1. The Morgan fingerprint density at radius 1 is 1.31 bits per heavy atom. The van der Waals surface area contributed by atoms with Crippen LogP contribution < -0.4 is 10.6 Å². The molecule has 3 amide bonds. The molecule has 2 rings (SSSR count). The number of piperidine rings is 1. The van der Waals surface area contributed by atoms with Gasteiger partial charge in [0.15, 0.2) is 0 Å². The Kier molecular flexibility index (Phi) is 6.03. The summed E-state index contributed by atoms with van der Waals surface area (Å²) in [6, 6.07) is 4.86. The summed E-state index contributed by atoms with van der Waals surface area (Å²) >= 11 is 0. The molecule has 0 bridgehead atoms. The summed E-state index contributed by atoms with van der Waals surface area (Å²) in [4.78, 5) is 25.8. The summed E-state index contributed by atoms with van der Waals surface area (Å²) in [7, 11) is 0. The normalized spacial score (nSPS) is 15.1. The van der Waals surface area contributed by atoms with Crippen molar-refractivity contribution in [2.75, 3.05) is 18.4 Å². The molecular weight excluding hydrogens is 339 g/mol. The Labute approximate surface area is 152 Å². The molecular formula is C18H23FN4O3. The molecule has 0 saturated carbocycles. The van der Waals surface area contributed by atoms with Gasteiger partial charge in [-0.05, 0) is 51.8 Å². The van der Waals surface area contributed by atoms with Gasteiger partial charge in [-0.25, -0.2) is 14.0 Å². The fourth-order valence-corrected chi connectivity index (χ4v) is 2.59. The third-order valence-electron chi connectivity index (χ3n) is 3.83. The predicted molar refractivity (Wildman–Crippen MR) is 94.1 cm³/mol. The number of carbonyl (C=O) groups is 2. The lowest BCUT2D eigenvalue weighted by molar-refractivity contribution is 0.0202. The summed E-state index contributed by atoms with van der Waals surface area (Å²) in [5, 5.41) is 14.4. The Bertz CT molecular complexity index is 716. The maximum atomic E-state index is 13.1. The lowest BCUT2D eigenvalue weighted by Gasteiger charge is -2.33. The van der Waals surface area contributed by atoms with E-state index in [0.717, 1.165) is 6.07 Å². The van der Waals surface area contributed by atoms with E-state index in [-0.39, 0.29) is 23.4 Å². The van der Waals surface area contributed by atoms with Gasteiger partial charge in [-0.2, -0.15) is 5.26 Å². The Balaban J connectivity index is 1.83. The number of likely N-dealkylation sites (tertiary alicyclic amines) is 1. The number of rotatable bonds is 2. The van der Waals surface area contributed by atoms with Crippen molar-refractivity contribution in [2.24, 2.45) is 0 Å². The van der Waals surface area contributed by atoms with Crippen LogP contribution in [-0.4, -0.2) is 41.8 Å². The maximum absolute atomic E-state index is 13.1. The number of benzene rings is 1. The van der Waals surface area contributed by atoms with Crippen molar-refractivity contribution in [3.63, 3.8) is 0 Å². The fraction of sp³-hybridized carbons (Fsp3) is 0.500. The van der Waals surface area contributed by atoms with Crippen molar-refractivity contribution in [3.05, 3.63) is 29.6 Å². The van der Waals surface area contributed by atoms with Crippen LogP contribution in [0.2, 0.25) is 0 Å². The van der Waals surface area contributed by atoms with Crippen LogP contribution in [0.25, 0.3) is 0 Å². The summed E-state index contributed by atoms with van der Waals surface area (Å²) in [6.45, 7) is 6.41. The number of anilines is 1. The van der Waals surface area contributed by atoms with E-state index in [1.54, 1.807) is 4.90 Å². The summed E-state index contributed by atoms with van der Waals surface area (Å²) in [5.41, 5.74) is -0.239. The van der Waals surface area contributed by atoms with Gasteiger partial charge in [0.2, 0.25) is 0 Å². The van der Waals surface area contributed by atoms with Crippen molar-refractivity contribution < 1.29 is 18.7 Å². The molecule has 1 aromatic rings. The predicted octanol–water partition coefficient (Wildman–Crippen LogP) is 3.22. The van der Waals surface area contributed by atoms with Crippen molar-refractivity contribution in [1.82, 2.24) is 10.2 Å². The van der Waals surface area contributed by atoms with Crippen LogP contribution in [0.5, 0.6) is 0 Å². The number of nitriles is 1. The number of hydrogen-bond acceptors (Lipinski definition) is 4. The van der Waals surface area contributed by atoms with Gasteiger partial charge in [0.25, 0.3) is 0 Å². The lowest BCUT2D eigenvalue weighted by atomic mass is 10.1. The zero-order chi connectivity index (χ0) is 19.3. The third-order valence-corrected chi connectivity index (χ3v) is 3.83. The average molecular weight is 362 g/mol. The van der Waals surface area contributed by atoms with Gasteiger partial charge in [0, 0.05) is 19.1 Å². The third kappa shape index (κ3) is 5.62. The topological polar surface area (TPSA) is 94.5 Å². The second-order valence-corrected chi connectivity index (χ2v) is 7.14. The second-order valence-electron chi connectivity index (χ2n) is 7.14. The number of carbonyl (C=O) groups excluding carboxylic acids is 2. The SMILES string of the molecule is CC(C)(C)OC(=O)N1CCC(NC(=O)Nc2ccc(F)cc2C#N)CC1. The molecule has 26 heavy (non-hydrogen) atoms. The fourth-order valence-electron chi connectivity index (χ4n) is 2.59. The molecule has 1 aliphatic heterocycles. The first-order chi connectivity index (χ1) is 12.2. The molecule has 1 fully saturated rings. The molecule has 1 aromatic carbocycles. The van der Waals surface area contributed by atoms with Crippen molar-refractivity contribution in [2.45, 2.75) is 45.3 Å². The summed E-state index contributed by atoms with van der Waals surface area (Å²) in [5.74, 6) is -0.540. The first-order valence-electron chi connectivity index (χ1n) is 8.43. The van der Waals surface area contributed by atoms with E-state index in [4.69, 9.17) is 10.00 Å². The standard InChI is InChI=1S/C18H23FN4O3/c1-18(2,3)26-17(25)23-8-6-14(7-9-23)21-16(24)22-15-5-4-13(19)10-12(15)11-20/h4-5,10,14H,6-9H2,1-3H3,(H2,21,22,24). The zero-order valence-electron chi connectivity index (χ0n) is 15.1. The summed E-state index contributed by atoms with van der Waals surface area (Å²) in [6.07, 6.45) is 0.841. The molecule has 0 aromatic heterocycles. The van der Waals surface area contributed by atoms with Crippen LogP contribution in [0.15, 0.2) is 18.2 Å². The Morgan fingerprint density at radius 3 is 2.54 bits per heavy atom. The van der Waals surface area contributed by atoms with Gasteiger partial charge in [-0.3, -0.25) is 0 Å². The van der Waals surface area contributed by atoms with Gasteiger partial charge < -0.3 is 20.3 Å². The molecule has 0 spiro atoms. The minimum absolute atomic E-state index is 0.0555. The minimum atomic E-state index is -0.542. The van der Waals surface area contributed by atoms with Gasteiger partial charge in [-0.15, -0.1) is 0 Å².